The van der Waals surface area contributed by atoms with Crippen LogP contribution in [-0.4, -0.2) is 53.8 Å². The van der Waals surface area contributed by atoms with Crippen LogP contribution in [0.3, 0.4) is 0 Å². The second-order valence-corrected chi connectivity index (χ2v) is 6.42. The Morgan fingerprint density at radius 3 is 2.83 bits per heavy atom. The van der Waals surface area contributed by atoms with Crippen LogP contribution in [0.1, 0.15) is 29.4 Å². The third kappa shape index (κ3) is 4.36. The number of benzene rings is 1. The Morgan fingerprint density at radius 1 is 1.34 bits per heavy atom. The monoisotopic (exact) mass is 395 g/mol. The molecule has 2 heterocycles. The van der Waals surface area contributed by atoms with Crippen LogP contribution in [0.4, 0.5) is 0 Å². The highest BCUT2D eigenvalue weighted by molar-refractivity contribution is 5.89. The van der Waals surface area contributed by atoms with Gasteiger partial charge in [0.15, 0.2) is 11.5 Å². The molecule has 1 saturated heterocycles. The minimum Gasteiger partial charge on any atom is -0.481 e. The first-order valence-corrected chi connectivity index (χ1v) is 9.14. The van der Waals surface area contributed by atoms with E-state index in [0.29, 0.717) is 24.1 Å². The Bertz CT molecular complexity index is 995. The molecular weight excluding hydrogens is 374 g/mol. The SMILES string of the molecule is CCOC(=O)c1cc(OC)nc(-c2cccc(C#C[C@@]3(CO)CCNC3=O)c2)n1. The third-order valence-corrected chi connectivity index (χ3v) is 4.51. The molecule has 0 saturated carbocycles. The van der Waals surface area contributed by atoms with Crippen molar-refractivity contribution in [2.75, 3.05) is 26.9 Å². The van der Waals surface area contributed by atoms with Crippen LogP contribution in [0.5, 0.6) is 5.88 Å². The average molecular weight is 395 g/mol. The Morgan fingerprint density at radius 2 is 2.17 bits per heavy atom. The van der Waals surface area contributed by atoms with Crippen molar-refractivity contribution in [1.29, 1.82) is 0 Å². The molecule has 29 heavy (non-hydrogen) atoms. The maximum Gasteiger partial charge on any atom is 0.357 e. The van der Waals surface area contributed by atoms with Crippen LogP contribution in [-0.2, 0) is 9.53 Å². The zero-order valence-electron chi connectivity index (χ0n) is 16.2. The van der Waals surface area contributed by atoms with Crippen molar-refractivity contribution in [3.63, 3.8) is 0 Å². The second-order valence-electron chi connectivity index (χ2n) is 6.42. The molecule has 1 aromatic heterocycles. The first-order valence-electron chi connectivity index (χ1n) is 9.14. The number of carbonyl (C=O) groups is 2. The molecule has 0 radical (unpaired) electrons. The van der Waals surface area contributed by atoms with Crippen molar-refractivity contribution in [3.8, 4) is 29.1 Å². The van der Waals surface area contributed by atoms with Gasteiger partial charge in [0.1, 0.15) is 5.41 Å². The summed E-state index contributed by atoms with van der Waals surface area (Å²) in [4.78, 5) is 32.6. The van der Waals surface area contributed by atoms with Gasteiger partial charge in [0.05, 0.1) is 20.3 Å². The second kappa shape index (κ2) is 8.71. The molecule has 3 rings (SSSR count). The predicted octanol–water partition coefficient (Wildman–Crippen LogP) is 1.18. The lowest BCUT2D eigenvalue weighted by Crippen LogP contribution is -2.33. The average Bonchev–Trinajstić information content (AvgIpc) is 3.13. The van der Waals surface area contributed by atoms with Crippen LogP contribution >= 0.6 is 0 Å². The summed E-state index contributed by atoms with van der Waals surface area (Å²) in [6.45, 7) is 2.09. The minimum absolute atomic E-state index is 0.0899. The molecule has 1 aliphatic rings. The molecule has 1 fully saturated rings. The summed E-state index contributed by atoms with van der Waals surface area (Å²) in [6, 6.07) is 8.48. The molecule has 0 aliphatic carbocycles. The number of aliphatic hydroxyl groups excluding tert-OH is 1. The van der Waals surface area contributed by atoms with Gasteiger partial charge in [-0.2, -0.15) is 4.98 Å². The first-order chi connectivity index (χ1) is 14.0. The zero-order chi connectivity index (χ0) is 20.9. The molecule has 8 nitrogen and oxygen atoms in total. The normalized spacial score (nSPS) is 17.8. The van der Waals surface area contributed by atoms with Gasteiger partial charge in [0, 0.05) is 23.7 Å². The quantitative estimate of drug-likeness (QED) is 0.578. The summed E-state index contributed by atoms with van der Waals surface area (Å²) < 4.78 is 10.2. The maximum absolute atomic E-state index is 12.1. The van der Waals surface area contributed by atoms with E-state index >= 15 is 0 Å². The number of aliphatic hydroxyl groups is 1. The number of nitrogens with zero attached hydrogens (tertiary/aromatic N) is 2. The third-order valence-electron chi connectivity index (χ3n) is 4.51. The van der Waals surface area contributed by atoms with E-state index in [0.717, 1.165) is 0 Å². The highest BCUT2D eigenvalue weighted by atomic mass is 16.5. The number of hydrogen-bond donors (Lipinski definition) is 2. The topological polar surface area (TPSA) is 111 Å². The molecule has 1 atom stereocenters. The smallest absolute Gasteiger partial charge is 0.357 e. The van der Waals surface area contributed by atoms with Crippen LogP contribution < -0.4 is 10.1 Å². The zero-order valence-corrected chi connectivity index (χ0v) is 16.2. The number of methoxy groups -OCH3 is 1. The van der Waals surface area contributed by atoms with Gasteiger partial charge in [-0.25, -0.2) is 9.78 Å². The van der Waals surface area contributed by atoms with Gasteiger partial charge in [-0.15, -0.1) is 0 Å². The van der Waals surface area contributed by atoms with Crippen LogP contribution in [0.25, 0.3) is 11.4 Å². The van der Waals surface area contributed by atoms with Crippen molar-refractivity contribution >= 4 is 11.9 Å². The molecule has 8 heteroatoms. The molecular formula is C21H21N3O5. The molecule has 1 aromatic carbocycles. The van der Waals surface area contributed by atoms with Gasteiger partial charge in [-0.3, -0.25) is 4.79 Å². The Kier molecular flexibility index (Phi) is 6.10. The van der Waals surface area contributed by atoms with Gasteiger partial charge in [0.25, 0.3) is 0 Å². The summed E-state index contributed by atoms with van der Waals surface area (Å²) in [5, 5.41) is 12.3. The maximum atomic E-state index is 12.1. The molecule has 0 bridgehead atoms. The van der Waals surface area contributed by atoms with E-state index < -0.39 is 11.4 Å². The van der Waals surface area contributed by atoms with Gasteiger partial charge in [0.2, 0.25) is 11.8 Å². The van der Waals surface area contributed by atoms with Crippen molar-refractivity contribution in [2.24, 2.45) is 5.41 Å². The molecule has 2 aromatic rings. The van der Waals surface area contributed by atoms with E-state index in [1.165, 1.54) is 13.2 Å². The van der Waals surface area contributed by atoms with Gasteiger partial charge in [-0.1, -0.05) is 24.0 Å². The Hall–Kier alpha value is -3.44. The first kappa shape index (κ1) is 20.3. The highest BCUT2D eigenvalue weighted by Gasteiger charge is 2.40. The lowest BCUT2D eigenvalue weighted by molar-refractivity contribution is -0.126. The standard InChI is InChI=1S/C21H21N3O5/c1-3-29-19(26)16-12-17(28-2)24-18(23-16)15-6-4-5-14(11-15)7-8-21(13-25)9-10-22-20(21)27/h4-6,11-12,25H,3,9-10,13H2,1-2H3,(H,22,27)/t21-/m0/s1. The summed E-state index contributed by atoms with van der Waals surface area (Å²) in [6.07, 6.45) is 0.455. The van der Waals surface area contributed by atoms with Crippen LogP contribution in [0, 0.1) is 17.3 Å². The number of carbonyl (C=O) groups excluding carboxylic acids is 2. The van der Waals surface area contributed by atoms with Gasteiger partial charge < -0.3 is 19.9 Å². The van der Waals surface area contributed by atoms with Crippen molar-refractivity contribution < 1.29 is 24.2 Å². The van der Waals surface area contributed by atoms with Crippen molar-refractivity contribution in [3.05, 3.63) is 41.6 Å². The Balaban J connectivity index is 1.96. The van der Waals surface area contributed by atoms with Crippen LogP contribution in [0.15, 0.2) is 30.3 Å². The van der Waals surface area contributed by atoms with Gasteiger partial charge in [-0.05, 0) is 25.5 Å². The number of amides is 1. The minimum atomic E-state index is -1.08. The number of rotatable bonds is 5. The van der Waals surface area contributed by atoms with E-state index in [1.807, 2.05) is 0 Å². The van der Waals surface area contributed by atoms with E-state index in [-0.39, 0.29) is 36.5 Å². The van der Waals surface area contributed by atoms with Gasteiger partial charge >= 0.3 is 5.97 Å². The fourth-order valence-electron chi connectivity index (χ4n) is 2.88. The molecule has 150 valence electrons. The lowest BCUT2D eigenvalue weighted by atomic mass is 9.88. The van der Waals surface area contributed by atoms with E-state index in [4.69, 9.17) is 9.47 Å². The predicted molar refractivity (Wildman–Crippen MR) is 104 cm³/mol. The van der Waals surface area contributed by atoms with Crippen molar-refractivity contribution in [2.45, 2.75) is 13.3 Å². The fraction of sp³-hybridized carbons (Fsp3) is 0.333. The molecule has 0 unspecified atom stereocenters. The molecule has 2 N–H and O–H groups in total. The number of ether oxygens (including phenoxy) is 2. The molecule has 1 amide bonds. The summed E-state index contributed by atoms with van der Waals surface area (Å²) >= 11 is 0. The van der Waals surface area contributed by atoms with E-state index in [1.54, 1.807) is 31.2 Å². The van der Waals surface area contributed by atoms with Crippen LogP contribution in [0.2, 0.25) is 0 Å². The summed E-state index contributed by atoms with van der Waals surface area (Å²) in [5.74, 6) is 5.55. The fourth-order valence-corrected chi connectivity index (χ4v) is 2.88. The summed E-state index contributed by atoms with van der Waals surface area (Å²) in [7, 11) is 1.45. The highest BCUT2D eigenvalue weighted by Crippen LogP contribution is 2.26. The molecule has 0 spiro atoms. The summed E-state index contributed by atoms with van der Waals surface area (Å²) in [5.41, 5.74) is 0.251. The number of esters is 1. The van der Waals surface area contributed by atoms with E-state index in [9.17, 15) is 14.7 Å². The number of nitrogens with one attached hydrogen (secondary N) is 1. The number of aromatic nitrogens is 2. The largest absolute Gasteiger partial charge is 0.481 e. The molecule has 1 aliphatic heterocycles. The van der Waals surface area contributed by atoms with E-state index in [2.05, 4.69) is 27.1 Å². The van der Waals surface area contributed by atoms with Crippen molar-refractivity contribution in [1.82, 2.24) is 15.3 Å². The number of hydrogen-bond acceptors (Lipinski definition) is 7. The lowest BCUT2D eigenvalue weighted by Gasteiger charge is -2.15. The Labute approximate surface area is 168 Å².